The number of ether oxygens (including phenoxy) is 4. The third-order valence-electron chi connectivity index (χ3n) is 5.00. The van der Waals surface area contributed by atoms with Crippen molar-refractivity contribution in [3.8, 4) is 0 Å². The third-order valence-corrected chi connectivity index (χ3v) is 5.40. The highest BCUT2D eigenvalue weighted by Gasteiger charge is 2.00. The van der Waals surface area contributed by atoms with Gasteiger partial charge in [0.05, 0.1) is 53.1 Å². The van der Waals surface area contributed by atoms with Crippen molar-refractivity contribution >= 4 is 39.8 Å². The predicted molar refractivity (Wildman–Crippen MR) is 191 cm³/mol. The number of alkyl halides is 1. The third kappa shape index (κ3) is 66.4. The van der Waals surface area contributed by atoms with Crippen LogP contribution in [0.3, 0.4) is 0 Å². The Morgan fingerprint density at radius 2 is 1.00 bits per heavy atom. The van der Waals surface area contributed by atoms with E-state index in [4.69, 9.17) is 25.8 Å². The van der Waals surface area contributed by atoms with Crippen LogP contribution in [0.15, 0.2) is 0 Å². The number of nitrogens with one attached hydrogen (secondary N) is 3. The lowest BCUT2D eigenvalue weighted by Crippen LogP contribution is -2.28. The number of nitrogens with zero attached hydrogens (tertiary/aromatic N) is 1. The molecule has 17 heteroatoms. The summed E-state index contributed by atoms with van der Waals surface area (Å²) in [5, 5.41) is 34.6. The van der Waals surface area contributed by atoms with Crippen LogP contribution < -0.4 is 21.7 Å². The van der Waals surface area contributed by atoms with E-state index in [1.54, 1.807) is 13.8 Å². The van der Waals surface area contributed by atoms with E-state index in [1.165, 1.54) is 14.2 Å². The first-order chi connectivity index (χ1) is 23.0. The molecule has 0 fully saturated rings. The molecule has 0 atom stereocenters. The summed E-state index contributed by atoms with van der Waals surface area (Å²) >= 11 is 3.12. The van der Waals surface area contributed by atoms with E-state index >= 15 is 0 Å². The fourth-order valence-corrected chi connectivity index (χ4v) is 2.82. The summed E-state index contributed by atoms with van der Waals surface area (Å²) < 4.78 is 18.3. The second-order valence-corrected chi connectivity index (χ2v) is 10.3. The number of carbonyl (C=O) groups is 4. The number of hydrogen-bond donors (Lipinski definition) is 7. The molecule has 16 nitrogen and oxygen atoms in total. The molecule has 0 spiro atoms. The lowest BCUT2D eigenvalue weighted by Gasteiger charge is -2.09. The van der Waals surface area contributed by atoms with E-state index in [0.717, 1.165) is 45.4 Å². The van der Waals surface area contributed by atoms with Crippen LogP contribution in [0.5, 0.6) is 0 Å². The summed E-state index contributed by atoms with van der Waals surface area (Å²) in [5.74, 6) is -0.674. The lowest BCUT2D eigenvalue weighted by atomic mass is 10.4. The van der Waals surface area contributed by atoms with E-state index in [0.29, 0.717) is 70.4 Å². The van der Waals surface area contributed by atoms with Crippen molar-refractivity contribution in [1.29, 1.82) is 0 Å². The Balaban J connectivity index is -0.000000165. The number of esters is 4. The maximum Gasteiger partial charge on any atom is 0.307 e. The average molecular weight is 767 g/mol. The molecule has 0 aliphatic rings. The van der Waals surface area contributed by atoms with Crippen molar-refractivity contribution in [3.63, 3.8) is 0 Å². The fourth-order valence-electron chi connectivity index (χ4n) is 2.50. The number of aliphatic hydroxyl groups is 3. The monoisotopic (exact) mass is 765 g/mol. The number of nitrogens with two attached hydrogens (primary N) is 1. The summed E-state index contributed by atoms with van der Waals surface area (Å²) in [5.41, 5.74) is 4.98. The van der Waals surface area contributed by atoms with Crippen LogP contribution in [0.25, 0.3) is 0 Å². The quantitative estimate of drug-likeness (QED) is 0.0292. The number of carbonyl (C=O) groups excluding carboxylic acids is 4. The van der Waals surface area contributed by atoms with Gasteiger partial charge in [0.2, 0.25) is 0 Å². The first kappa shape index (κ1) is 55.5. The van der Waals surface area contributed by atoms with Crippen LogP contribution in [-0.2, 0) is 38.1 Å². The summed E-state index contributed by atoms with van der Waals surface area (Å²) in [6.07, 6.45) is 3.88. The molecule has 0 aromatic heterocycles. The Morgan fingerprint density at radius 1 is 0.625 bits per heavy atom. The highest BCUT2D eigenvalue weighted by Crippen LogP contribution is 1.90. The summed E-state index contributed by atoms with van der Waals surface area (Å²) in [7, 11) is 6.81. The van der Waals surface area contributed by atoms with Gasteiger partial charge in [-0.3, -0.25) is 19.2 Å². The second kappa shape index (κ2) is 51.9. The van der Waals surface area contributed by atoms with Gasteiger partial charge in [-0.25, -0.2) is 0 Å². The highest BCUT2D eigenvalue weighted by atomic mass is 79.9. The van der Waals surface area contributed by atoms with Crippen LogP contribution in [-0.4, -0.2) is 163 Å². The summed E-state index contributed by atoms with van der Waals surface area (Å²) in [4.78, 5) is 44.4. The molecule has 0 radical (unpaired) electrons. The molecule has 0 aromatic rings. The van der Waals surface area contributed by atoms with Crippen LogP contribution in [0, 0.1) is 0 Å². The SMILES string of the molecule is CCOC(=O)CCBr.CCOC(=O)CCNCCCO.COC(=O)CCNCCCO.COC(=O)CCNCCN(C)C.NCCCO. The van der Waals surface area contributed by atoms with Gasteiger partial charge in [-0.05, 0) is 66.8 Å². The predicted octanol–water partition coefficient (Wildman–Crippen LogP) is -0.204. The van der Waals surface area contributed by atoms with Gasteiger partial charge in [-0.2, -0.15) is 0 Å². The van der Waals surface area contributed by atoms with Gasteiger partial charge in [0.15, 0.2) is 0 Å². The van der Waals surface area contributed by atoms with Gasteiger partial charge >= 0.3 is 23.9 Å². The molecule has 0 aliphatic heterocycles. The Bertz CT molecular complexity index is 673. The molecular weight excluding hydrogens is 698 g/mol. The van der Waals surface area contributed by atoms with Gasteiger partial charge in [0.25, 0.3) is 0 Å². The van der Waals surface area contributed by atoms with Gasteiger partial charge in [0.1, 0.15) is 0 Å². The minimum atomic E-state index is -0.207. The second-order valence-electron chi connectivity index (χ2n) is 9.52. The molecule has 0 saturated heterocycles. The maximum atomic E-state index is 10.8. The molecule has 0 amide bonds. The van der Waals surface area contributed by atoms with E-state index in [9.17, 15) is 19.2 Å². The zero-order chi connectivity index (χ0) is 37.7. The van der Waals surface area contributed by atoms with Crippen molar-refractivity contribution in [2.45, 2.75) is 58.8 Å². The molecule has 0 aliphatic carbocycles. The molecule has 290 valence electrons. The first-order valence-corrected chi connectivity index (χ1v) is 17.4. The molecular formula is C31H68BrN5O11. The highest BCUT2D eigenvalue weighted by molar-refractivity contribution is 9.09. The van der Waals surface area contributed by atoms with Crippen molar-refractivity contribution in [2.75, 3.05) is 119 Å². The Hall–Kier alpha value is -1.96. The van der Waals surface area contributed by atoms with Gasteiger partial charge in [-0.1, -0.05) is 15.9 Å². The molecule has 0 bridgehead atoms. The first-order valence-electron chi connectivity index (χ1n) is 16.3. The average Bonchev–Trinajstić information content (AvgIpc) is 3.06. The van der Waals surface area contributed by atoms with Crippen LogP contribution in [0.4, 0.5) is 0 Å². The van der Waals surface area contributed by atoms with Crippen molar-refractivity contribution in [1.82, 2.24) is 20.9 Å². The van der Waals surface area contributed by atoms with Gasteiger partial charge in [-0.15, -0.1) is 0 Å². The fraction of sp³-hybridized carbons (Fsp3) is 0.871. The zero-order valence-corrected chi connectivity index (χ0v) is 31.9. The number of methoxy groups -OCH3 is 2. The molecule has 48 heavy (non-hydrogen) atoms. The van der Waals surface area contributed by atoms with E-state index in [2.05, 4.69) is 51.0 Å². The molecule has 8 N–H and O–H groups in total. The number of halogens is 1. The van der Waals surface area contributed by atoms with E-state index in [1.807, 2.05) is 14.1 Å². The molecule has 0 saturated carbocycles. The summed E-state index contributed by atoms with van der Waals surface area (Å²) in [6.45, 7) is 11.0. The van der Waals surface area contributed by atoms with E-state index < -0.39 is 0 Å². The Morgan fingerprint density at radius 3 is 1.29 bits per heavy atom. The maximum absolute atomic E-state index is 10.8. The van der Waals surface area contributed by atoms with Crippen LogP contribution in [0.2, 0.25) is 0 Å². The minimum Gasteiger partial charge on any atom is -0.469 e. The topological polar surface area (TPSA) is 231 Å². The van der Waals surface area contributed by atoms with E-state index in [-0.39, 0.29) is 43.7 Å². The molecule has 0 heterocycles. The van der Waals surface area contributed by atoms with Crippen LogP contribution in [0.1, 0.15) is 58.8 Å². The number of aliphatic hydroxyl groups excluding tert-OH is 3. The number of hydrogen-bond acceptors (Lipinski definition) is 16. The van der Waals surface area contributed by atoms with Gasteiger partial charge < -0.3 is 60.9 Å². The normalized spacial score (nSPS) is 9.58. The van der Waals surface area contributed by atoms with Crippen LogP contribution >= 0.6 is 15.9 Å². The largest absolute Gasteiger partial charge is 0.469 e. The Labute approximate surface area is 297 Å². The minimum absolute atomic E-state index is 0.135. The molecule has 0 aromatic carbocycles. The lowest BCUT2D eigenvalue weighted by molar-refractivity contribution is -0.143. The van der Waals surface area contributed by atoms with Crippen molar-refractivity contribution in [3.05, 3.63) is 0 Å². The zero-order valence-electron chi connectivity index (χ0n) is 30.4. The number of likely N-dealkylation sites (N-methyl/N-ethyl adjacent to an activating group) is 1. The molecule has 0 unspecified atom stereocenters. The summed E-state index contributed by atoms with van der Waals surface area (Å²) in [6, 6.07) is 0. The Kier molecular flexibility index (Phi) is 59.9. The van der Waals surface area contributed by atoms with Gasteiger partial charge in [0, 0.05) is 57.9 Å². The standard InChI is InChI=1S/C8H18N2O2.C8H17NO3.C7H15NO3.C5H9BrO2.C3H9NO/c1-10(2)7-6-9-5-4-8(11)12-3;1-2-12-8(11)4-6-9-5-3-7-10;1-11-7(10)3-5-8-4-2-6-9;1-2-8-5(7)3-4-6;4-2-1-3-5/h9H,4-7H2,1-3H3;9-10H,2-7H2,1H3;8-9H,2-6H2,1H3;2-4H2,1H3;5H,1-4H2. The van der Waals surface area contributed by atoms with Crippen molar-refractivity contribution in [2.24, 2.45) is 5.73 Å². The smallest absolute Gasteiger partial charge is 0.307 e. The molecule has 0 rings (SSSR count). The number of rotatable bonds is 24. The van der Waals surface area contributed by atoms with Crippen molar-refractivity contribution < 1.29 is 53.4 Å².